The number of alkyl halides is 3. The Bertz CT molecular complexity index is 1190. The molecule has 3 heterocycles. The zero-order valence-corrected chi connectivity index (χ0v) is 17.4. The van der Waals surface area contributed by atoms with E-state index in [1.807, 2.05) is 13.8 Å². The van der Waals surface area contributed by atoms with Crippen LogP contribution in [0.5, 0.6) is 5.75 Å². The van der Waals surface area contributed by atoms with Crippen molar-refractivity contribution in [3.05, 3.63) is 29.5 Å². The topological polar surface area (TPSA) is 85.1 Å². The van der Waals surface area contributed by atoms with Crippen LogP contribution < -0.4 is 5.32 Å². The minimum absolute atomic E-state index is 0.0160. The van der Waals surface area contributed by atoms with E-state index >= 15 is 0 Å². The summed E-state index contributed by atoms with van der Waals surface area (Å²) >= 11 is 0. The number of aryl methyl sites for hydroxylation is 1. The summed E-state index contributed by atoms with van der Waals surface area (Å²) in [6, 6.07) is 0.297. The maximum Gasteiger partial charge on any atom is 0.419 e. The van der Waals surface area contributed by atoms with E-state index < -0.39 is 34.7 Å². The lowest BCUT2D eigenvalue weighted by Gasteiger charge is -2.38. The summed E-state index contributed by atoms with van der Waals surface area (Å²) in [6.07, 6.45) is -3.11. The predicted octanol–water partition coefficient (Wildman–Crippen LogP) is 4.26. The fourth-order valence-electron chi connectivity index (χ4n) is 3.76. The van der Waals surface area contributed by atoms with Gasteiger partial charge in [-0.3, -0.25) is 0 Å². The quantitative estimate of drug-likeness (QED) is 0.572. The molecular weight excluding hydrogens is 437 g/mol. The van der Waals surface area contributed by atoms with E-state index in [2.05, 4.69) is 20.4 Å². The zero-order valence-electron chi connectivity index (χ0n) is 17.4. The van der Waals surface area contributed by atoms with E-state index in [9.17, 15) is 27.1 Å². The van der Waals surface area contributed by atoms with Gasteiger partial charge in [0.05, 0.1) is 17.6 Å². The fourth-order valence-corrected chi connectivity index (χ4v) is 3.76. The monoisotopic (exact) mass is 457 g/mol. The lowest BCUT2D eigenvalue weighted by molar-refractivity contribution is -0.140. The first kappa shape index (κ1) is 22.2. The van der Waals surface area contributed by atoms with Crippen molar-refractivity contribution in [3.63, 3.8) is 0 Å². The molecule has 0 radical (unpaired) electrons. The summed E-state index contributed by atoms with van der Waals surface area (Å²) in [5.41, 5.74) is -2.72. The van der Waals surface area contributed by atoms with Gasteiger partial charge >= 0.3 is 6.18 Å². The number of aromatic hydroxyl groups is 1. The largest absolute Gasteiger partial charge is 0.503 e. The fraction of sp³-hybridized carbons (Fsp3) is 0.450. The number of fused-ring (bicyclic) bond motifs is 1. The molecule has 0 saturated carbocycles. The summed E-state index contributed by atoms with van der Waals surface area (Å²) in [5, 5.41) is 17.0. The van der Waals surface area contributed by atoms with E-state index in [4.69, 9.17) is 4.74 Å². The van der Waals surface area contributed by atoms with Crippen molar-refractivity contribution in [2.24, 2.45) is 12.5 Å². The number of phenols is 1. The first-order valence-electron chi connectivity index (χ1n) is 9.72. The molecule has 0 spiro atoms. The minimum atomic E-state index is -5.14. The molecule has 1 aromatic carbocycles. The van der Waals surface area contributed by atoms with Gasteiger partial charge in [-0.25, -0.2) is 18.4 Å². The third-order valence-corrected chi connectivity index (χ3v) is 5.59. The van der Waals surface area contributed by atoms with Crippen LogP contribution in [-0.2, 0) is 18.0 Å². The van der Waals surface area contributed by atoms with Crippen molar-refractivity contribution in [3.8, 4) is 17.0 Å². The number of ether oxygens (including phenoxy) is 1. The summed E-state index contributed by atoms with van der Waals surface area (Å²) < 4.78 is 74.7. The van der Waals surface area contributed by atoms with Crippen LogP contribution in [-0.4, -0.2) is 44.1 Å². The Labute approximate surface area is 179 Å². The van der Waals surface area contributed by atoms with E-state index in [1.165, 1.54) is 17.9 Å². The highest BCUT2D eigenvalue weighted by molar-refractivity contribution is 5.91. The summed E-state index contributed by atoms with van der Waals surface area (Å²) in [6.45, 7) is 5.20. The predicted molar refractivity (Wildman–Crippen MR) is 105 cm³/mol. The van der Waals surface area contributed by atoms with Gasteiger partial charge in [0.1, 0.15) is 5.69 Å². The Balaban J connectivity index is 1.79. The number of benzene rings is 1. The SMILES string of the molecule is Cn1nc(-c2cc(C(F)(F)F)c(F)c(O)c2F)c2cnc(NC3CCOCC3(C)C)nc21. The minimum Gasteiger partial charge on any atom is -0.503 e. The Morgan fingerprint density at radius 3 is 2.62 bits per heavy atom. The lowest BCUT2D eigenvalue weighted by atomic mass is 9.82. The molecule has 1 saturated heterocycles. The molecule has 1 aliphatic rings. The molecule has 0 aliphatic carbocycles. The van der Waals surface area contributed by atoms with Crippen molar-refractivity contribution in [1.29, 1.82) is 0 Å². The average molecular weight is 457 g/mol. The van der Waals surface area contributed by atoms with Crippen LogP contribution in [0, 0.1) is 17.0 Å². The molecule has 4 rings (SSSR count). The third kappa shape index (κ3) is 3.72. The smallest absolute Gasteiger partial charge is 0.419 e. The number of hydrogen-bond acceptors (Lipinski definition) is 6. The number of phenolic OH excluding ortho intramolecular Hbond substituents is 1. The van der Waals surface area contributed by atoms with Gasteiger partial charge in [-0.2, -0.15) is 23.3 Å². The van der Waals surface area contributed by atoms with Gasteiger partial charge in [0.25, 0.3) is 0 Å². The second-order valence-electron chi connectivity index (χ2n) is 8.38. The highest BCUT2D eigenvalue weighted by Gasteiger charge is 2.38. The van der Waals surface area contributed by atoms with Crippen LogP contribution >= 0.6 is 0 Å². The maximum atomic E-state index is 14.6. The molecule has 2 N–H and O–H groups in total. The molecule has 0 bridgehead atoms. The van der Waals surface area contributed by atoms with Gasteiger partial charge in [-0.1, -0.05) is 13.8 Å². The summed E-state index contributed by atoms with van der Waals surface area (Å²) in [5.74, 6) is -5.09. The maximum absolute atomic E-state index is 14.6. The average Bonchev–Trinajstić information content (AvgIpc) is 3.03. The second kappa shape index (κ2) is 7.54. The van der Waals surface area contributed by atoms with Crippen molar-refractivity contribution in [2.75, 3.05) is 18.5 Å². The molecular formula is C20H20F5N5O2. The Morgan fingerprint density at radius 2 is 1.97 bits per heavy atom. The highest BCUT2D eigenvalue weighted by Crippen LogP contribution is 2.41. The molecule has 172 valence electrons. The Kier molecular flexibility index (Phi) is 5.23. The van der Waals surface area contributed by atoms with Gasteiger partial charge in [-0.15, -0.1) is 0 Å². The molecule has 1 unspecified atom stereocenters. The molecule has 1 fully saturated rings. The number of rotatable bonds is 3. The third-order valence-electron chi connectivity index (χ3n) is 5.59. The number of aromatic nitrogens is 4. The van der Waals surface area contributed by atoms with Gasteiger partial charge in [-0.05, 0) is 12.5 Å². The van der Waals surface area contributed by atoms with Gasteiger partial charge in [0, 0.05) is 36.9 Å². The molecule has 7 nitrogen and oxygen atoms in total. The molecule has 3 aromatic rings. The molecule has 2 aromatic heterocycles. The standard InChI is InChI=1S/C20H20F5N5O2/c1-19(2)8-32-5-4-12(19)27-18-26-7-10-15(29-30(3)17(10)28-18)9-6-11(20(23,24)25)14(22)16(31)13(9)21/h6-7,12,31H,4-5,8H2,1-3H3,(H,26,27,28). The van der Waals surface area contributed by atoms with E-state index in [0.717, 1.165) is 6.42 Å². The van der Waals surface area contributed by atoms with Gasteiger partial charge in [0.15, 0.2) is 23.0 Å². The Hall–Kier alpha value is -3.02. The zero-order chi connectivity index (χ0) is 23.4. The summed E-state index contributed by atoms with van der Waals surface area (Å²) in [4.78, 5) is 8.59. The van der Waals surface area contributed by atoms with Crippen LogP contribution in [0.3, 0.4) is 0 Å². The second-order valence-corrected chi connectivity index (χ2v) is 8.38. The molecule has 1 aliphatic heterocycles. The number of anilines is 1. The van der Waals surface area contributed by atoms with E-state index in [1.54, 1.807) is 0 Å². The van der Waals surface area contributed by atoms with Crippen LogP contribution in [0.2, 0.25) is 0 Å². The van der Waals surface area contributed by atoms with E-state index in [-0.39, 0.29) is 40.2 Å². The molecule has 1 atom stereocenters. The lowest BCUT2D eigenvalue weighted by Crippen LogP contribution is -2.44. The molecule has 0 amide bonds. The van der Waals surface area contributed by atoms with Crippen molar-refractivity contribution < 1.29 is 31.8 Å². The normalized spacial score (nSPS) is 18.8. The van der Waals surface area contributed by atoms with Crippen LogP contribution in [0.1, 0.15) is 25.8 Å². The van der Waals surface area contributed by atoms with Crippen molar-refractivity contribution >= 4 is 17.0 Å². The number of nitrogens with zero attached hydrogens (tertiary/aromatic N) is 4. The first-order valence-corrected chi connectivity index (χ1v) is 9.72. The highest BCUT2D eigenvalue weighted by atomic mass is 19.4. The number of hydrogen-bond donors (Lipinski definition) is 2. The van der Waals surface area contributed by atoms with E-state index in [0.29, 0.717) is 13.2 Å². The Morgan fingerprint density at radius 1 is 1.25 bits per heavy atom. The van der Waals surface area contributed by atoms with Crippen LogP contribution in [0.25, 0.3) is 22.3 Å². The van der Waals surface area contributed by atoms with Crippen molar-refractivity contribution in [1.82, 2.24) is 19.7 Å². The van der Waals surface area contributed by atoms with Crippen LogP contribution in [0.15, 0.2) is 12.3 Å². The molecule has 32 heavy (non-hydrogen) atoms. The number of halogens is 5. The van der Waals surface area contributed by atoms with Gasteiger partial charge in [0.2, 0.25) is 5.95 Å². The first-order chi connectivity index (χ1) is 14.9. The summed E-state index contributed by atoms with van der Waals surface area (Å²) in [7, 11) is 1.48. The van der Waals surface area contributed by atoms with Crippen LogP contribution in [0.4, 0.5) is 27.9 Å². The number of nitrogens with one attached hydrogen (secondary N) is 1. The van der Waals surface area contributed by atoms with Crippen molar-refractivity contribution in [2.45, 2.75) is 32.5 Å². The molecule has 12 heteroatoms. The van der Waals surface area contributed by atoms with Gasteiger partial charge < -0.3 is 15.2 Å².